The molecular formula is C14H17N5O. The molecule has 0 unspecified atom stereocenters. The molecule has 0 atom stereocenters. The minimum Gasteiger partial charge on any atom is -0.339 e. The van der Waals surface area contributed by atoms with Gasteiger partial charge in [-0.1, -0.05) is 0 Å². The van der Waals surface area contributed by atoms with Crippen molar-refractivity contribution >= 4 is 5.91 Å². The molecule has 0 radical (unpaired) electrons. The first-order valence-electron chi connectivity index (χ1n) is 6.78. The van der Waals surface area contributed by atoms with E-state index in [1.807, 2.05) is 18.1 Å². The lowest BCUT2D eigenvalue weighted by molar-refractivity contribution is 0.0712. The van der Waals surface area contributed by atoms with Gasteiger partial charge >= 0.3 is 0 Å². The molecule has 3 rings (SSSR count). The number of aryl methyl sites for hydroxylation is 1. The third-order valence-corrected chi connectivity index (χ3v) is 3.74. The summed E-state index contributed by atoms with van der Waals surface area (Å²) in [6.45, 7) is 1.52. The van der Waals surface area contributed by atoms with E-state index in [1.165, 1.54) is 0 Å². The van der Waals surface area contributed by atoms with Gasteiger partial charge < -0.3 is 4.90 Å². The topological polar surface area (TPSA) is 63.9 Å². The summed E-state index contributed by atoms with van der Waals surface area (Å²) in [5.41, 5.74) is 1.69. The van der Waals surface area contributed by atoms with Gasteiger partial charge in [0.05, 0.1) is 17.5 Å². The van der Waals surface area contributed by atoms with Crippen LogP contribution in [0, 0.1) is 0 Å². The zero-order valence-corrected chi connectivity index (χ0v) is 11.4. The lowest BCUT2D eigenvalue weighted by Gasteiger charge is -2.31. The van der Waals surface area contributed by atoms with Crippen molar-refractivity contribution in [2.45, 2.75) is 18.8 Å². The van der Waals surface area contributed by atoms with E-state index >= 15 is 0 Å². The van der Waals surface area contributed by atoms with E-state index in [4.69, 9.17) is 0 Å². The van der Waals surface area contributed by atoms with Crippen molar-refractivity contribution in [3.05, 3.63) is 42.2 Å². The largest absolute Gasteiger partial charge is 0.339 e. The molecule has 1 saturated heterocycles. The molecule has 3 heterocycles. The molecular weight excluding hydrogens is 254 g/mol. The molecule has 1 aliphatic heterocycles. The van der Waals surface area contributed by atoms with Gasteiger partial charge in [-0.15, -0.1) is 0 Å². The second kappa shape index (κ2) is 5.40. The summed E-state index contributed by atoms with van der Waals surface area (Å²) in [7, 11) is 1.82. The number of piperidine rings is 1. The summed E-state index contributed by atoms with van der Waals surface area (Å²) < 4.78 is 1.65. The minimum atomic E-state index is 0.0655. The second-order valence-corrected chi connectivity index (χ2v) is 5.10. The van der Waals surface area contributed by atoms with E-state index in [0.29, 0.717) is 11.5 Å². The number of hydrogen-bond acceptors (Lipinski definition) is 4. The third-order valence-electron chi connectivity index (χ3n) is 3.74. The monoisotopic (exact) mass is 271 g/mol. The van der Waals surface area contributed by atoms with Gasteiger partial charge in [0.1, 0.15) is 0 Å². The second-order valence-electron chi connectivity index (χ2n) is 5.10. The van der Waals surface area contributed by atoms with E-state index in [-0.39, 0.29) is 5.91 Å². The van der Waals surface area contributed by atoms with Crippen LogP contribution in [0.3, 0.4) is 0 Å². The number of aromatic nitrogens is 4. The number of nitrogens with zero attached hydrogens (tertiary/aromatic N) is 5. The molecule has 1 fully saturated rings. The lowest BCUT2D eigenvalue weighted by atomic mass is 9.93. The van der Waals surface area contributed by atoms with Crippen molar-refractivity contribution in [3.63, 3.8) is 0 Å². The van der Waals surface area contributed by atoms with Gasteiger partial charge in [0, 0.05) is 50.8 Å². The molecule has 2 aromatic rings. The highest BCUT2D eigenvalue weighted by Crippen LogP contribution is 2.26. The van der Waals surface area contributed by atoms with Crippen LogP contribution in [0.5, 0.6) is 0 Å². The fourth-order valence-electron chi connectivity index (χ4n) is 2.61. The zero-order valence-electron chi connectivity index (χ0n) is 11.4. The van der Waals surface area contributed by atoms with Crippen molar-refractivity contribution in [1.29, 1.82) is 0 Å². The predicted molar refractivity (Wildman–Crippen MR) is 73.1 cm³/mol. The Hall–Kier alpha value is -2.24. The summed E-state index contributed by atoms with van der Waals surface area (Å²) in [6.07, 6.45) is 10.5. The molecule has 0 aliphatic carbocycles. The van der Waals surface area contributed by atoms with Crippen molar-refractivity contribution in [2.75, 3.05) is 13.1 Å². The first-order valence-corrected chi connectivity index (χ1v) is 6.78. The zero-order chi connectivity index (χ0) is 13.9. The number of hydrogen-bond donors (Lipinski definition) is 0. The van der Waals surface area contributed by atoms with Crippen LogP contribution in [0.4, 0.5) is 0 Å². The number of amides is 1. The Morgan fingerprint density at radius 3 is 2.65 bits per heavy atom. The number of likely N-dealkylation sites (tertiary alicyclic amines) is 1. The Morgan fingerprint density at radius 1 is 1.25 bits per heavy atom. The standard InChI is InChI=1S/C14H17N5O/c1-18-10-12(8-17-18)14(20)19-6-2-11(3-7-19)13-9-15-4-5-16-13/h4-5,8-11H,2-3,6-7H2,1H3. The summed E-state index contributed by atoms with van der Waals surface area (Å²) in [5.74, 6) is 0.470. The Morgan fingerprint density at radius 2 is 2.05 bits per heavy atom. The summed E-state index contributed by atoms with van der Waals surface area (Å²) >= 11 is 0. The van der Waals surface area contributed by atoms with Crippen molar-refractivity contribution in [2.24, 2.45) is 7.05 Å². The summed E-state index contributed by atoms with van der Waals surface area (Å²) in [5, 5.41) is 4.05. The van der Waals surface area contributed by atoms with E-state index in [9.17, 15) is 4.79 Å². The Kier molecular flexibility index (Phi) is 3.45. The van der Waals surface area contributed by atoms with Crippen LogP contribution in [-0.2, 0) is 7.05 Å². The third kappa shape index (κ3) is 2.54. The normalized spacial score (nSPS) is 16.4. The van der Waals surface area contributed by atoms with Gasteiger partial charge in [-0.3, -0.25) is 19.4 Å². The Labute approximate surface area is 117 Å². The number of carbonyl (C=O) groups is 1. The van der Waals surface area contributed by atoms with Crippen LogP contribution in [0.1, 0.15) is 34.8 Å². The Bertz CT molecular complexity index is 587. The highest BCUT2D eigenvalue weighted by molar-refractivity contribution is 5.93. The van der Waals surface area contributed by atoms with E-state index < -0.39 is 0 Å². The van der Waals surface area contributed by atoms with Crippen LogP contribution in [0.15, 0.2) is 31.0 Å². The fraction of sp³-hybridized carbons (Fsp3) is 0.429. The maximum absolute atomic E-state index is 12.3. The van der Waals surface area contributed by atoms with Gasteiger partial charge in [-0.25, -0.2) is 0 Å². The summed E-state index contributed by atoms with van der Waals surface area (Å²) in [6, 6.07) is 0. The molecule has 0 N–H and O–H groups in total. The van der Waals surface area contributed by atoms with Crippen LogP contribution in [0.2, 0.25) is 0 Å². The van der Waals surface area contributed by atoms with E-state index in [0.717, 1.165) is 31.6 Å². The van der Waals surface area contributed by atoms with Crippen LogP contribution < -0.4 is 0 Å². The molecule has 1 amide bonds. The quantitative estimate of drug-likeness (QED) is 0.824. The lowest BCUT2D eigenvalue weighted by Crippen LogP contribution is -2.37. The van der Waals surface area contributed by atoms with Gasteiger partial charge in [-0.2, -0.15) is 5.10 Å². The van der Waals surface area contributed by atoms with Crippen molar-refractivity contribution < 1.29 is 4.79 Å². The van der Waals surface area contributed by atoms with Gasteiger partial charge in [0.2, 0.25) is 0 Å². The smallest absolute Gasteiger partial charge is 0.257 e. The first-order chi connectivity index (χ1) is 9.74. The Balaban J connectivity index is 1.63. The molecule has 0 aromatic carbocycles. The van der Waals surface area contributed by atoms with Crippen LogP contribution in [0.25, 0.3) is 0 Å². The molecule has 104 valence electrons. The molecule has 2 aromatic heterocycles. The first kappa shape index (κ1) is 12.8. The molecule has 20 heavy (non-hydrogen) atoms. The van der Waals surface area contributed by atoms with Crippen molar-refractivity contribution in [3.8, 4) is 0 Å². The minimum absolute atomic E-state index is 0.0655. The highest BCUT2D eigenvalue weighted by atomic mass is 16.2. The van der Waals surface area contributed by atoms with Gasteiger partial charge in [0.25, 0.3) is 5.91 Å². The number of rotatable bonds is 2. The highest BCUT2D eigenvalue weighted by Gasteiger charge is 2.25. The summed E-state index contributed by atoms with van der Waals surface area (Å²) in [4.78, 5) is 22.7. The molecule has 6 heteroatoms. The average molecular weight is 271 g/mol. The molecule has 0 bridgehead atoms. The molecule has 1 aliphatic rings. The predicted octanol–water partition coefficient (Wildman–Crippen LogP) is 1.23. The maximum atomic E-state index is 12.3. The van der Waals surface area contributed by atoms with E-state index in [1.54, 1.807) is 29.5 Å². The number of carbonyl (C=O) groups excluding carboxylic acids is 1. The molecule has 0 spiro atoms. The van der Waals surface area contributed by atoms with Crippen LogP contribution in [-0.4, -0.2) is 43.6 Å². The average Bonchev–Trinajstić information content (AvgIpc) is 2.94. The van der Waals surface area contributed by atoms with Gasteiger partial charge in [0.15, 0.2) is 0 Å². The molecule has 0 saturated carbocycles. The SMILES string of the molecule is Cn1cc(C(=O)N2CCC(c3cnccn3)CC2)cn1. The van der Waals surface area contributed by atoms with E-state index in [2.05, 4.69) is 15.1 Å². The fourth-order valence-corrected chi connectivity index (χ4v) is 2.61. The van der Waals surface area contributed by atoms with Gasteiger partial charge in [-0.05, 0) is 12.8 Å². The van der Waals surface area contributed by atoms with Crippen molar-refractivity contribution in [1.82, 2.24) is 24.6 Å². The maximum Gasteiger partial charge on any atom is 0.257 e. The molecule has 6 nitrogen and oxygen atoms in total. The van der Waals surface area contributed by atoms with Crippen LogP contribution >= 0.6 is 0 Å².